The molecular weight excluding hydrogens is 458 g/mol. The van der Waals surface area contributed by atoms with E-state index in [0.717, 1.165) is 70.7 Å². The molecule has 1 aliphatic rings. The maximum atomic E-state index is 13.0. The van der Waals surface area contributed by atoms with E-state index in [-0.39, 0.29) is 11.8 Å². The van der Waals surface area contributed by atoms with Gasteiger partial charge in [0.05, 0.1) is 23.5 Å². The Balaban J connectivity index is 1.20. The van der Waals surface area contributed by atoms with E-state index >= 15 is 0 Å². The van der Waals surface area contributed by atoms with E-state index in [9.17, 15) is 4.79 Å². The predicted molar refractivity (Wildman–Crippen MR) is 140 cm³/mol. The number of nitrogens with one attached hydrogen (secondary N) is 1. The number of benzene rings is 2. The van der Waals surface area contributed by atoms with Crippen molar-refractivity contribution in [3.05, 3.63) is 71.3 Å². The van der Waals surface area contributed by atoms with Crippen LogP contribution in [0.3, 0.4) is 0 Å². The summed E-state index contributed by atoms with van der Waals surface area (Å²) in [6.45, 7) is 3.54. The summed E-state index contributed by atoms with van der Waals surface area (Å²) in [6, 6.07) is 17.7. The van der Waals surface area contributed by atoms with Gasteiger partial charge in [0.1, 0.15) is 17.9 Å². The van der Waals surface area contributed by atoms with Crippen LogP contribution >= 0.6 is 11.3 Å². The number of anilines is 2. The van der Waals surface area contributed by atoms with Gasteiger partial charge in [-0.15, -0.1) is 11.3 Å². The van der Waals surface area contributed by atoms with E-state index in [4.69, 9.17) is 4.74 Å². The summed E-state index contributed by atoms with van der Waals surface area (Å²) in [6.07, 6.45) is 3.15. The van der Waals surface area contributed by atoms with Gasteiger partial charge in [-0.3, -0.25) is 4.79 Å². The normalized spacial score (nSPS) is 14.1. The van der Waals surface area contributed by atoms with E-state index in [1.807, 2.05) is 66.9 Å². The minimum absolute atomic E-state index is 0.0284. The molecule has 1 amide bonds. The highest BCUT2D eigenvalue weighted by Crippen LogP contribution is 2.28. The second-order valence-electron chi connectivity index (χ2n) is 8.57. The van der Waals surface area contributed by atoms with Crippen molar-refractivity contribution in [3.8, 4) is 28.3 Å². The molecule has 7 nitrogen and oxygen atoms in total. The number of hydrogen-bond acceptors (Lipinski definition) is 7. The van der Waals surface area contributed by atoms with Crippen molar-refractivity contribution in [1.29, 1.82) is 0 Å². The summed E-state index contributed by atoms with van der Waals surface area (Å²) in [5, 5.41) is 6.18. The average molecular weight is 486 g/mol. The smallest absolute Gasteiger partial charge is 0.227 e. The molecule has 0 radical (unpaired) electrons. The van der Waals surface area contributed by atoms with Crippen LogP contribution in [-0.2, 0) is 4.79 Å². The van der Waals surface area contributed by atoms with Crippen molar-refractivity contribution >= 4 is 28.7 Å². The van der Waals surface area contributed by atoms with Crippen molar-refractivity contribution in [3.63, 3.8) is 0 Å². The van der Waals surface area contributed by atoms with E-state index in [2.05, 4.69) is 25.2 Å². The molecule has 2 aromatic heterocycles. The molecule has 0 bridgehead atoms. The lowest BCUT2D eigenvalue weighted by Gasteiger charge is -2.32. The minimum atomic E-state index is -0.0284. The van der Waals surface area contributed by atoms with E-state index < -0.39 is 0 Å². The lowest BCUT2D eigenvalue weighted by molar-refractivity contribution is -0.120. The van der Waals surface area contributed by atoms with Gasteiger partial charge in [0.2, 0.25) is 5.91 Å². The maximum Gasteiger partial charge on any atom is 0.227 e. The molecule has 2 aromatic carbocycles. The number of nitrogens with zero attached hydrogens (tertiary/aromatic N) is 4. The van der Waals surface area contributed by atoms with Crippen LogP contribution in [0.25, 0.3) is 22.5 Å². The molecule has 0 spiro atoms. The van der Waals surface area contributed by atoms with Crippen molar-refractivity contribution in [2.75, 3.05) is 30.4 Å². The highest BCUT2D eigenvalue weighted by Gasteiger charge is 2.26. The van der Waals surface area contributed by atoms with Crippen molar-refractivity contribution in [2.24, 2.45) is 5.92 Å². The number of rotatable bonds is 6. The molecule has 3 heterocycles. The summed E-state index contributed by atoms with van der Waals surface area (Å²) in [5.74, 6) is 1.74. The second kappa shape index (κ2) is 10.2. The summed E-state index contributed by atoms with van der Waals surface area (Å²) in [5.41, 5.74) is 4.64. The summed E-state index contributed by atoms with van der Waals surface area (Å²) < 4.78 is 5.24. The Labute approximate surface area is 208 Å². The number of amides is 1. The molecule has 8 heteroatoms. The van der Waals surface area contributed by atoms with Gasteiger partial charge in [0.25, 0.3) is 0 Å². The first-order chi connectivity index (χ1) is 17.1. The first-order valence-electron chi connectivity index (χ1n) is 11.6. The standard InChI is InChI=1S/C27H27N5O2S/c1-18-30-25(16-35-18)21-4-3-5-22(14-21)31-27(33)20-10-12-32(13-11-20)26-15-24(28-17-29-26)19-6-8-23(34-2)9-7-19/h3-9,14-17,20H,10-13H2,1-2H3,(H,31,33). The number of aromatic nitrogens is 3. The molecule has 0 saturated carbocycles. The number of ether oxygens (including phenoxy) is 1. The molecule has 0 unspecified atom stereocenters. The maximum absolute atomic E-state index is 13.0. The zero-order valence-corrected chi connectivity index (χ0v) is 20.6. The number of carbonyl (C=O) groups is 1. The fraction of sp³-hybridized carbons (Fsp3) is 0.259. The fourth-order valence-electron chi connectivity index (χ4n) is 4.31. The molecule has 1 N–H and O–H groups in total. The molecule has 35 heavy (non-hydrogen) atoms. The number of hydrogen-bond donors (Lipinski definition) is 1. The first kappa shape index (κ1) is 23.0. The Morgan fingerprint density at radius 1 is 1.03 bits per heavy atom. The van der Waals surface area contributed by atoms with Gasteiger partial charge in [0, 0.05) is 47.3 Å². The van der Waals surface area contributed by atoms with Crippen molar-refractivity contribution in [1.82, 2.24) is 15.0 Å². The Bertz CT molecular complexity index is 1310. The monoisotopic (exact) mass is 485 g/mol. The van der Waals surface area contributed by atoms with Crippen LogP contribution < -0.4 is 15.0 Å². The Morgan fingerprint density at radius 2 is 1.83 bits per heavy atom. The van der Waals surface area contributed by atoms with E-state index in [1.54, 1.807) is 24.8 Å². The van der Waals surface area contributed by atoms with Gasteiger partial charge in [-0.1, -0.05) is 12.1 Å². The molecule has 178 valence electrons. The highest BCUT2D eigenvalue weighted by molar-refractivity contribution is 7.09. The van der Waals surface area contributed by atoms with Crippen LogP contribution in [0.2, 0.25) is 0 Å². The lowest BCUT2D eigenvalue weighted by Crippen LogP contribution is -2.38. The SMILES string of the molecule is COc1ccc(-c2cc(N3CCC(C(=O)Nc4cccc(-c5csc(C)n5)c4)CC3)ncn2)cc1. The van der Waals surface area contributed by atoms with Gasteiger partial charge in [-0.25, -0.2) is 15.0 Å². The Morgan fingerprint density at radius 3 is 2.54 bits per heavy atom. The molecule has 1 saturated heterocycles. The Hall–Kier alpha value is -3.78. The van der Waals surface area contributed by atoms with Crippen LogP contribution in [0.15, 0.2) is 66.3 Å². The topological polar surface area (TPSA) is 80.2 Å². The van der Waals surface area contributed by atoms with Crippen LogP contribution in [0, 0.1) is 12.8 Å². The zero-order valence-electron chi connectivity index (χ0n) is 19.8. The minimum Gasteiger partial charge on any atom is -0.497 e. The van der Waals surface area contributed by atoms with Gasteiger partial charge >= 0.3 is 0 Å². The molecule has 0 atom stereocenters. The quantitative estimate of drug-likeness (QED) is 0.392. The molecular formula is C27H27N5O2S. The van der Waals surface area contributed by atoms with E-state index in [1.165, 1.54) is 0 Å². The molecule has 0 aliphatic carbocycles. The van der Waals surface area contributed by atoms with Crippen molar-refractivity contribution < 1.29 is 9.53 Å². The molecule has 1 aliphatic heterocycles. The van der Waals surface area contributed by atoms with Crippen LogP contribution in [0.4, 0.5) is 11.5 Å². The molecule has 5 rings (SSSR count). The third-order valence-corrected chi connectivity index (χ3v) is 7.05. The lowest BCUT2D eigenvalue weighted by atomic mass is 9.95. The Kier molecular flexibility index (Phi) is 6.72. The largest absolute Gasteiger partial charge is 0.497 e. The number of carbonyl (C=O) groups excluding carboxylic acids is 1. The predicted octanol–water partition coefficient (Wildman–Crippen LogP) is 5.44. The molecule has 4 aromatic rings. The summed E-state index contributed by atoms with van der Waals surface area (Å²) >= 11 is 1.62. The van der Waals surface area contributed by atoms with Gasteiger partial charge in [0.15, 0.2) is 0 Å². The average Bonchev–Trinajstić information content (AvgIpc) is 3.35. The first-order valence-corrected chi connectivity index (χ1v) is 12.5. The van der Waals surface area contributed by atoms with Gasteiger partial charge < -0.3 is 15.0 Å². The van der Waals surface area contributed by atoms with E-state index in [0.29, 0.717) is 0 Å². The summed E-state index contributed by atoms with van der Waals surface area (Å²) in [7, 11) is 1.65. The van der Waals surface area contributed by atoms with Gasteiger partial charge in [-0.2, -0.15) is 0 Å². The third kappa shape index (κ3) is 5.33. The number of thiazole rings is 1. The third-order valence-electron chi connectivity index (χ3n) is 6.27. The second-order valence-corrected chi connectivity index (χ2v) is 9.64. The summed E-state index contributed by atoms with van der Waals surface area (Å²) in [4.78, 5) is 28.7. The number of aryl methyl sites for hydroxylation is 1. The van der Waals surface area contributed by atoms with Gasteiger partial charge in [-0.05, 0) is 56.2 Å². The number of piperidine rings is 1. The number of methoxy groups -OCH3 is 1. The fourth-order valence-corrected chi connectivity index (χ4v) is 4.93. The zero-order chi connectivity index (χ0) is 24.2. The van der Waals surface area contributed by atoms with Crippen LogP contribution in [0.1, 0.15) is 17.8 Å². The van der Waals surface area contributed by atoms with Crippen molar-refractivity contribution in [2.45, 2.75) is 19.8 Å². The molecule has 1 fully saturated rings. The van der Waals surface area contributed by atoms with Crippen LogP contribution in [0.5, 0.6) is 5.75 Å². The highest BCUT2D eigenvalue weighted by atomic mass is 32.1. The van der Waals surface area contributed by atoms with Crippen LogP contribution in [-0.4, -0.2) is 41.1 Å².